The number of anilines is 1. The highest BCUT2D eigenvalue weighted by Gasteiger charge is 2.46. The first kappa shape index (κ1) is 32.3. The molecule has 6 atom stereocenters. The number of phosphoric ester groups is 2. The minimum Gasteiger partial charge on any atom is -0.391 e. The van der Waals surface area contributed by atoms with Crippen LogP contribution in [0, 0.1) is 5.92 Å². The Morgan fingerprint density at radius 2 is 1.69 bits per heavy atom. The third-order valence-corrected chi connectivity index (χ3v) is 10.1. The van der Waals surface area contributed by atoms with Crippen LogP contribution in [-0.2, 0) is 47.0 Å². The largest absolute Gasteiger partial charge is 0.492 e. The van der Waals surface area contributed by atoms with Crippen molar-refractivity contribution in [3.8, 4) is 0 Å². The van der Waals surface area contributed by atoms with Gasteiger partial charge in [0.15, 0.2) is 0 Å². The van der Waals surface area contributed by atoms with Crippen LogP contribution in [0.2, 0.25) is 0 Å². The van der Waals surface area contributed by atoms with Gasteiger partial charge in [0.1, 0.15) is 5.82 Å². The molecule has 0 fully saturated rings. The van der Waals surface area contributed by atoms with Crippen LogP contribution in [0.3, 0.4) is 0 Å². The Bertz CT molecular complexity index is 1050. The second-order valence-electron chi connectivity index (χ2n) is 7.25. The Hall–Kier alpha value is -0.700. The van der Waals surface area contributed by atoms with Crippen LogP contribution in [0.15, 0.2) is 17.1 Å². The van der Waals surface area contributed by atoms with E-state index in [1.54, 1.807) is 0 Å². The van der Waals surface area contributed by atoms with Crippen molar-refractivity contribution in [2.45, 2.75) is 37.5 Å². The van der Waals surface area contributed by atoms with Crippen molar-refractivity contribution in [1.29, 1.82) is 0 Å². The van der Waals surface area contributed by atoms with Crippen molar-refractivity contribution >= 4 is 40.9 Å². The summed E-state index contributed by atoms with van der Waals surface area (Å²) in [5.74, 6) is -1.05. The number of nitrogens with zero attached hydrogens (tertiary/aromatic N) is 2. The SMILES string of the molecule is COP(=O)(OC)OP(=O)(OC)OP(=O)(O)OC[C@@H](C)[C@@H](O)[C@@](C)(Cl)[C@@H](O)Cn1ccc(N)nc1=O. The first-order chi connectivity index (χ1) is 15.9. The normalized spacial score (nSPS) is 20.3. The maximum Gasteiger partial charge on any atom is 0.492 e. The lowest BCUT2D eigenvalue weighted by Gasteiger charge is -2.36. The number of hydrogen-bond donors (Lipinski definition) is 4. The lowest BCUT2D eigenvalue weighted by atomic mass is 9.88. The molecule has 204 valence electrons. The van der Waals surface area contributed by atoms with Crippen molar-refractivity contribution in [2.75, 3.05) is 33.7 Å². The lowest BCUT2D eigenvalue weighted by Crippen LogP contribution is -2.51. The van der Waals surface area contributed by atoms with Gasteiger partial charge in [-0.3, -0.25) is 22.7 Å². The average Bonchev–Trinajstić information content (AvgIpc) is 2.78. The Morgan fingerprint density at radius 1 is 1.14 bits per heavy atom. The number of nitrogens with two attached hydrogens (primary N) is 1. The number of aliphatic hydroxyl groups is 2. The number of aliphatic hydroxyl groups excluding tert-OH is 2. The van der Waals surface area contributed by atoms with Gasteiger partial charge in [0.05, 0.1) is 30.2 Å². The average molecular weight is 588 g/mol. The summed E-state index contributed by atoms with van der Waals surface area (Å²) in [5.41, 5.74) is 4.66. The van der Waals surface area contributed by atoms with Gasteiger partial charge in [-0.25, -0.2) is 18.5 Å². The molecule has 0 radical (unpaired) electrons. The topological polar surface area (TPSA) is 228 Å². The number of alkyl halides is 1. The lowest BCUT2D eigenvalue weighted by molar-refractivity contribution is -0.00973. The molecule has 0 bridgehead atoms. The molecule has 0 aliphatic carbocycles. The van der Waals surface area contributed by atoms with E-state index in [1.807, 2.05) is 0 Å². The molecule has 5 N–H and O–H groups in total. The van der Waals surface area contributed by atoms with Gasteiger partial charge in [-0.2, -0.15) is 13.6 Å². The standard InChI is InChI=1S/C15H29ClN3O13P3/c1-10(9-30-33(23,24)31-35(26,29-5)32-34(25,27-3)28-4)13(21)15(2,16)11(20)8-19-7-6-12(17)18-14(19)22/h6-7,10-11,13,20-21H,8-9H2,1-5H3,(H,23,24)(H2,17,18,22)/t10-,11+,13-,15+,35?/m1/s1. The van der Waals surface area contributed by atoms with Gasteiger partial charge in [-0.05, 0) is 13.0 Å². The van der Waals surface area contributed by atoms with Crippen molar-refractivity contribution in [2.24, 2.45) is 5.92 Å². The Morgan fingerprint density at radius 3 is 2.17 bits per heavy atom. The fourth-order valence-electron chi connectivity index (χ4n) is 2.50. The Balaban J connectivity index is 2.85. The summed E-state index contributed by atoms with van der Waals surface area (Å²) in [6.45, 7) is 1.56. The highest BCUT2D eigenvalue weighted by molar-refractivity contribution is 7.67. The van der Waals surface area contributed by atoms with E-state index in [-0.39, 0.29) is 12.4 Å². The molecule has 0 amide bonds. The van der Waals surface area contributed by atoms with Crippen LogP contribution in [0.25, 0.3) is 0 Å². The van der Waals surface area contributed by atoms with E-state index >= 15 is 0 Å². The van der Waals surface area contributed by atoms with Crippen LogP contribution < -0.4 is 11.4 Å². The number of nitrogen functional groups attached to an aromatic ring is 1. The van der Waals surface area contributed by atoms with Gasteiger partial charge in [-0.1, -0.05) is 6.92 Å². The van der Waals surface area contributed by atoms with E-state index in [4.69, 9.17) is 21.9 Å². The van der Waals surface area contributed by atoms with E-state index in [0.29, 0.717) is 0 Å². The van der Waals surface area contributed by atoms with Crippen LogP contribution in [0.5, 0.6) is 0 Å². The molecule has 0 saturated carbocycles. The summed E-state index contributed by atoms with van der Waals surface area (Å²) in [7, 11) is -12.1. The Kier molecular flexibility index (Phi) is 11.7. The van der Waals surface area contributed by atoms with Gasteiger partial charge in [0, 0.05) is 33.4 Å². The van der Waals surface area contributed by atoms with Crippen LogP contribution in [0.4, 0.5) is 5.82 Å². The molecule has 35 heavy (non-hydrogen) atoms. The number of aromatic nitrogens is 2. The van der Waals surface area contributed by atoms with Gasteiger partial charge in [0.25, 0.3) is 0 Å². The van der Waals surface area contributed by atoms with E-state index in [1.165, 1.54) is 26.1 Å². The van der Waals surface area contributed by atoms with E-state index in [2.05, 4.69) is 27.2 Å². The molecule has 20 heteroatoms. The maximum absolute atomic E-state index is 12.4. The molecule has 0 aliphatic heterocycles. The number of hydrogen-bond acceptors (Lipinski definition) is 14. The zero-order chi connectivity index (χ0) is 27.2. The zero-order valence-electron chi connectivity index (χ0n) is 19.4. The van der Waals surface area contributed by atoms with E-state index in [9.17, 15) is 33.6 Å². The monoisotopic (exact) mass is 587 g/mol. The summed E-state index contributed by atoms with van der Waals surface area (Å²) in [4.78, 5) is 23.5. The number of rotatable bonds is 15. The summed E-state index contributed by atoms with van der Waals surface area (Å²) in [6.07, 6.45) is -1.79. The molecule has 0 spiro atoms. The smallest absolute Gasteiger partial charge is 0.391 e. The first-order valence-corrected chi connectivity index (χ1v) is 14.4. The van der Waals surface area contributed by atoms with Crippen molar-refractivity contribution < 1.29 is 55.5 Å². The quantitative estimate of drug-likeness (QED) is 0.168. The molecular formula is C15H29ClN3O13P3. The van der Waals surface area contributed by atoms with Gasteiger partial charge in [0.2, 0.25) is 0 Å². The summed E-state index contributed by atoms with van der Waals surface area (Å²) >= 11 is 6.33. The number of halogens is 1. The zero-order valence-corrected chi connectivity index (χ0v) is 22.9. The Labute approximate surface area is 206 Å². The molecule has 16 nitrogen and oxygen atoms in total. The highest BCUT2D eigenvalue weighted by atomic mass is 35.5. The van der Waals surface area contributed by atoms with Crippen LogP contribution in [0.1, 0.15) is 13.8 Å². The maximum atomic E-state index is 12.4. The number of phosphoric acid groups is 3. The second-order valence-corrected chi connectivity index (χ2v) is 13.4. The van der Waals surface area contributed by atoms with Crippen molar-refractivity contribution in [3.05, 3.63) is 22.7 Å². The fraction of sp³-hybridized carbons (Fsp3) is 0.733. The molecule has 1 aromatic rings. The fourth-order valence-corrected chi connectivity index (χ4v) is 6.99. The molecular weight excluding hydrogens is 559 g/mol. The summed E-state index contributed by atoms with van der Waals surface area (Å²) in [6, 6.07) is 1.33. The molecule has 0 aliphatic rings. The first-order valence-electron chi connectivity index (χ1n) is 9.59. The van der Waals surface area contributed by atoms with Crippen LogP contribution >= 0.6 is 35.1 Å². The predicted molar refractivity (Wildman–Crippen MR) is 123 cm³/mol. The molecule has 1 aromatic heterocycles. The summed E-state index contributed by atoms with van der Waals surface area (Å²) < 4.78 is 64.5. The highest BCUT2D eigenvalue weighted by Crippen LogP contribution is 2.71. The molecule has 2 unspecified atom stereocenters. The van der Waals surface area contributed by atoms with Gasteiger partial charge in [-0.15, -0.1) is 11.6 Å². The third-order valence-electron chi connectivity index (χ3n) is 4.61. The van der Waals surface area contributed by atoms with Crippen molar-refractivity contribution in [3.63, 3.8) is 0 Å². The third kappa shape index (κ3) is 9.28. The molecule has 0 saturated heterocycles. The van der Waals surface area contributed by atoms with Crippen LogP contribution in [-0.4, -0.2) is 69.7 Å². The van der Waals surface area contributed by atoms with Gasteiger partial charge >= 0.3 is 29.2 Å². The molecule has 1 heterocycles. The molecule has 1 rings (SSSR count). The summed E-state index contributed by atoms with van der Waals surface area (Å²) in [5, 5.41) is 21.1. The van der Waals surface area contributed by atoms with E-state index in [0.717, 1.165) is 25.9 Å². The predicted octanol–water partition coefficient (Wildman–Crippen LogP) is 1.49. The van der Waals surface area contributed by atoms with Crippen molar-refractivity contribution in [1.82, 2.24) is 9.55 Å². The molecule has 0 aromatic carbocycles. The van der Waals surface area contributed by atoms with E-state index < -0.39 is 58.8 Å². The minimum atomic E-state index is -5.20. The minimum absolute atomic E-state index is 0.0218. The second kappa shape index (κ2) is 12.7. The van der Waals surface area contributed by atoms with Gasteiger partial charge < -0.3 is 20.8 Å².